The maximum atomic E-state index is 12.1. The fourth-order valence-corrected chi connectivity index (χ4v) is 3.54. The number of ether oxygens (including phenoxy) is 2. The zero-order valence-corrected chi connectivity index (χ0v) is 18.6. The van der Waals surface area contributed by atoms with Crippen LogP contribution in [0.1, 0.15) is 26.3 Å². The molecule has 152 valence electrons. The predicted molar refractivity (Wildman–Crippen MR) is 121 cm³/mol. The van der Waals surface area contributed by atoms with Gasteiger partial charge in [-0.15, -0.1) is 0 Å². The fourth-order valence-electron chi connectivity index (χ4n) is 2.93. The van der Waals surface area contributed by atoms with Crippen LogP contribution in [0, 0.1) is 0 Å². The molecule has 29 heavy (non-hydrogen) atoms. The normalized spacial score (nSPS) is 11.3. The van der Waals surface area contributed by atoms with Crippen LogP contribution in [0.15, 0.2) is 65.1 Å². The highest BCUT2D eigenvalue weighted by Crippen LogP contribution is 2.33. The van der Waals surface area contributed by atoms with Crippen molar-refractivity contribution < 1.29 is 14.3 Å². The summed E-state index contributed by atoms with van der Waals surface area (Å²) in [7, 11) is 0. The molecule has 3 aromatic carbocycles. The Morgan fingerprint density at radius 1 is 0.966 bits per heavy atom. The van der Waals surface area contributed by atoms with E-state index >= 15 is 0 Å². The fraction of sp³-hybridized carbons (Fsp3) is 0.292. The molecular weight excluding hydrogens is 430 g/mol. The number of fused-ring (bicyclic) bond motifs is 1. The molecule has 0 aliphatic carbocycles. The van der Waals surface area contributed by atoms with Crippen LogP contribution in [-0.2, 0) is 10.2 Å². The van der Waals surface area contributed by atoms with Crippen molar-refractivity contribution >= 4 is 32.6 Å². The van der Waals surface area contributed by atoms with Gasteiger partial charge in [-0.1, -0.05) is 63.2 Å². The van der Waals surface area contributed by atoms with E-state index in [-0.39, 0.29) is 17.9 Å². The number of carbonyl (C=O) groups is 1. The Hall–Kier alpha value is -2.53. The lowest BCUT2D eigenvalue weighted by Crippen LogP contribution is -2.32. The highest BCUT2D eigenvalue weighted by Gasteiger charge is 2.13. The lowest BCUT2D eigenvalue weighted by Gasteiger charge is -2.19. The summed E-state index contributed by atoms with van der Waals surface area (Å²) >= 11 is 3.56. The third-order valence-electron chi connectivity index (χ3n) is 4.60. The SMILES string of the molecule is CC(C)(C)c1ccc(OCCNC(=O)COc2ccc3ccccc3c2Br)cc1. The number of hydrogen-bond acceptors (Lipinski definition) is 3. The lowest BCUT2D eigenvalue weighted by molar-refractivity contribution is -0.123. The van der Waals surface area contributed by atoms with Gasteiger partial charge < -0.3 is 14.8 Å². The average molecular weight is 456 g/mol. The van der Waals surface area contributed by atoms with Gasteiger partial charge in [0.15, 0.2) is 6.61 Å². The molecule has 1 N–H and O–H groups in total. The zero-order valence-electron chi connectivity index (χ0n) is 17.0. The Kier molecular flexibility index (Phi) is 6.80. The van der Waals surface area contributed by atoms with Crippen LogP contribution in [0.3, 0.4) is 0 Å². The quantitative estimate of drug-likeness (QED) is 0.480. The molecule has 3 rings (SSSR count). The summed E-state index contributed by atoms with van der Waals surface area (Å²) in [6, 6.07) is 19.9. The third-order valence-corrected chi connectivity index (χ3v) is 5.42. The minimum Gasteiger partial charge on any atom is -0.492 e. The molecule has 0 radical (unpaired) electrons. The van der Waals surface area contributed by atoms with Crippen LogP contribution < -0.4 is 14.8 Å². The van der Waals surface area contributed by atoms with Crippen molar-refractivity contribution in [3.63, 3.8) is 0 Å². The zero-order chi connectivity index (χ0) is 20.9. The molecule has 0 aromatic heterocycles. The van der Waals surface area contributed by atoms with Gasteiger partial charge in [-0.25, -0.2) is 0 Å². The van der Waals surface area contributed by atoms with Crippen LogP contribution in [0.2, 0.25) is 0 Å². The summed E-state index contributed by atoms with van der Waals surface area (Å²) in [5.41, 5.74) is 1.38. The van der Waals surface area contributed by atoms with E-state index in [4.69, 9.17) is 9.47 Å². The molecule has 0 aliphatic rings. The minimum absolute atomic E-state index is 0.0444. The lowest BCUT2D eigenvalue weighted by atomic mass is 9.87. The Morgan fingerprint density at radius 2 is 1.69 bits per heavy atom. The summed E-state index contributed by atoms with van der Waals surface area (Å²) in [6.45, 7) is 7.31. The molecule has 0 bridgehead atoms. The second-order valence-corrected chi connectivity index (χ2v) is 8.65. The van der Waals surface area contributed by atoms with E-state index in [9.17, 15) is 4.79 Å². The van der Waals surface area contributed by atoms with E-state index in [1.165, 1.54) is 5.56 Å². The minimum atomic E-state index is -0.184. The van der Waals surface area contributed by atoms with Crippen molar-refractivity contribution in [2.45, 2.75) is 26.2 Å². The number of halogens is 1. The molecule has 5 heteroatoms. The first-order valence-electron chi connectivity index (χ1n) is 9.65. The molecule has 0 atom stereocenters. The second-order valence-electron chi connectivity index (χ2n) is 7.86. The molecule has 1 amide bonds. The standard InChI is InChI=1S/C24H26BrNO3/c1-24(2,3)18-9-11-19(12-10-18)28-15-14-26-22(27)16-29-21-13-8-17-6-4-5-7-20(17)23(21)25/h4-13H,14-16H2,1-3H3,(H,26,27). The van der Waals surface area contributed by atoms with Gasteiger partial charge in [0.1, 0.15) is 18.1 Å². The molecule has 0 unspecified atom stereocenters. The molecule has 0 heterocycles. The molecule has 4 nitrogen and oxygen atoms in total. The number of benzene rings is 3. The van der Waals surface area contributed by atoms with E-state index in [1.807, 2.05) is 48.5 Å². The van der Waals surface area contributed by atoms with Crippen LogP contribution in [0.4, 0.5) is 0 Å². The molecule has 0 saturated carbocycles. The van der Waals surface area contributed by atoms with Crippen LogP contribution in [-0.4, -0.2) is 25.7 Å². The monoisotopic (exact) mass is 455 g/mol. The summed E-state index contributed by atoms with van der Waals surface area (Å²) < 4.78 is 12.2. The third kappa shape index (κ3) is 5.73. The van der Waals surface area contributed by atoms with E-state index in [1.54, 1.807) is 0 Å². The van der Waals surface area contributed by atoms with E-state index in [2.05, 4.69) is 54.2 Å². The number of nitrogens with one attached hydrogen (secondary N) is 1. The van der Waals surface area contributed by atoms with E-state index in [0.29, 0.717) is 18.9 Å². The van der Waals surface area contributed by atoms with Crippen LogP contribution >= 0.6 is 15.9 Å². The second kappa shape index (κ2) is 9.31. The Bertz CT molecular complexity index is 978. The van der Waals surface area contributed by atoms with E-state index < -0.39 is 0 Å². The number of amides is 1. The van der Waals surface area contributed by atoms with Gasteiger partial charge in [-0.3, -0.25) is 4.79 Å². The average Bonchev–Trinajstić information content (AvgIpc) is 2.70. The first-order chi connectivity index (χ1) is 13.8. The topological polar surface area (TPSA) is 47.6 Å². The predicted octanol–water partition coefficient (Wildman–Crippen LogP) is 5.47. The van der Waals surface area contributed by atoms with Crippen molar-refractivity contribution in [1.82, 2.24) is 5.32 Å². The number of rotatable bonds is 7. The van der Waals surface area contributed by atoms with Crippen molar-refractivity contribution in [3.8, 4) is 11.5 Å². The molecular formula is C24H26BrNO3. The Labute approximate surface area is 180 Å². The summed E-state index contributed by atoms with van der Waals surface area (Å²) in [6.07, 6.45) is 0. The molecule has 0 spiro atoms. The van der Waals surface area contributed by atoms with Crippen molar-refractivity contribution in [3.05, 3.63) is 70.7 Å². The smallest absolute Gasteiger partial charge is 0.258 e. The van der Waals surface area contributed by atoms with Crippen molar-refractivity contribution in [2.75, 3.05) is 19.8 Å². The molecule has 0 saturated heterocycles. The largest absolute Gasteiger partial charge is 0.492 e. The summed E-state index contributed by atoms with van der Waals surface area (Å²) in [5, 5.41) is 4.98. The van der Waals surface area contributed by atoms with Gasteiger partial charge in [-0.05, 0) is 55.9 Å². The molecule has 0 fully saturated rings. The maximum Gasteiger partial charge on any atom is 0.258 e. The maximum absolute atomic E-state index is 12.1. The van der Waals surface area contributed by atoms with Gasteiger partial charge in [0.25, 0.3) is 5.91 Å². The highest BCUT2D eigenvalue weighted by atomic mass is 79.9. The highest BCUT2D eigenvalue weighted by molar-refractivity contribution is 9.10. The Balaban J connectivity index is 1.42. The van der Waals surface area contributed by atoms with Crippen LogP contribution in [0.25, 0.3) is 10.8 Å². The van der Waals surface area contributed by atoms with Gasteiger partial charge in [0, 0.05) is 0 Å². The van der Waals surface area contributed by atoms with Gasteiger partial charge in [0.2, 0.25) is 0 Å². The molecule has 3 aromatic rings. The van der Waals surface area contributed by atoms with Gasteiger partial charge in [-0.2, -0.15) is 0 Å². The Morgan fingerprint density at radius 3 is 2.41 bits per heavy atom. The van der Waals surface area contributed by atoms with Gasteiger partial charge >= 0.3 is 0 Å². The number of carbonyl (C=O) groups excluding carboxylic acids is 1. The van der Waals surface area contributed by atoms with Gasteiger partial charge in [0.05, 0.1) is 11.0 Å². The molecule has 0 aliphatic heterocycles. The summed E-state index contributed by atoms with van der Waals surface area (Å²) in [4.78, 5) is 12.1. The van der Waals surface area contributed by atoms with Crippen LogP contribution in [0.5, 0.6) is 11.5 Å². The van der Waals surface area contributed by atoms with Crippen molar-refractivity contribution in [1.29, 1.82) is 0 Å². The van der Waals surface area contributed by atoms with Crippen molar-refractivity contribution in [2.24, 2.45) is 0 Å². The van der Waals surface area contributed by atoms with E-state index in [0.717, 1.165) is 21.0 Å². The number of hydrogen-bond donors (Lipinski definition) is 1. The summed E-state index contributed by atoms with van der Waals surface area (Å²) in [5.74, 6) is 1.26. The first kappa shape index (κ1) is 21.2. The first-order valence-corrected chi connectivity index (χ1v) is 10.4.